The normalized spacial score (nSPS) is 22.2. The summed E-state index contributed by atoms with van der Waals surface area (Å²) < 4.78 is 47.4. The molecule has 7 N–H and O–H groups in total. The third kappa shape index (κ3) is 25.8. The van der Waals surface area contributed by atoms with Gasteiger partial charge in [-0.05, 0) is 44.9 Å². The molecule has 8 atom stereocenters. The molecule has 330 valence electrons. The Kier molecular flexibility index (Phi) is 31.3. The number of aliphatic hydroxyl groups is 5. The highest BCUT2D eigenvalue weighted by atomic mass is 32.3. The van der Waals surface area contributed by atoms with Crippen LogP contribution in [0.3, 0.4) is 0 Å². The van der Waals surface area contributed by atoms with E-state index in [9.17, 15) is 38.7 Å². The first-order chi connectivity index (χ1) is 26.9. The first kappa shape index (κ1) is 52.6. The summed E-state index contributed by atoms with van der Waals surface area (Å²) in [6.45, 7) is 3.21. The quantitative estimate of drug-likeness (QED) is 0.0199. The third-order valence-electron chi connectivity index (χ3n) is 10.4. The van der Waals surface area contributed by atoms with Crippen molar-refractivity contribution in [1.29, 1.82) is 0 Å². The molecule has 0 aromatic rings. The van der Waals surface area contributed by atoms with Crippen LogP contribution in [-0.4, -0.2) is 107 Å². The van der Waals surface area contributed by atoms with E-state index in [2.05, 4.69) is 47.7 Å². The molecular weight excluding hydrogens is 743 g/mol. The summed E-state index contributed by atoms with van der Waals surface area (Å²) in [6, 6.07) is -1.03. The predicted molar refractivity (Wildman–Crippen MR) is 219 cm³/mol. The van der Waals surface area contributed by atoms with Crippen LogP contribution in [0.2, 0.25) is 0 Å². The number of aliphatic hydroxyl groups excluding tert-OH is 5. The third-order valence-corrected chi connectivity index (χ3v) is 10.8. The van der Waals surface area contributed by atoms with Crippen molar-refractivity contribution in [3.05, 3.63) is 24.3 Å². The van der Waals surface area contributed by atoms with Crippen molar-refractivity contribution in [2.75, 3.05) is 13.2 Å². The molecule has 0 aromatic carbocycles. The van der Waals surface area contributed by atoms with E-state index >= 15 is 0 Å². The molecular formula is C42H79NO12S. The summed E-state index contributed by atoms with van der Waals surface area (Å²) in [5.41, 5.74) is 0. The number of rotatable bonds is 36. The second-order valence-electron chi connectivity index (χ2n) is 15.4. The Labute approximate surface area is 338 Å². The first-order valence-electron chi connectivity index (χ1n) is 21.8. The van der Waals surface area contributed by atoms with E-state index in [1.165, 1.54) is 64.2 Å². The monoisotopic (exact) mass is 822 g/mol. The smallest absolute Gasteiger partial charge is 0.394 e. The van der Waals surface area contributed by atoms with Gasteiger partial charge in [0.1, 0.15) is 30.5 Å². The fourth-order valence-corrected chi connectivity index (χ4v) is 7.36. The van der Waals surface area contributed by atoms with Crippen LogP contribution in [0.25, 0.3) is 0 Å². The van der Waals surface area contributed by atoms with Gasteiger partial charge in [-0.1, -0.05) is 154 Å². The molecule has 13 nitrogen and oxygen atoms in total. The molecule has 0 bridgehead atoms. The minimum atomic E-state index is -5.11. The number of ether oxygens (including phenoxy) is 2. The number of allylic oxidation sites excluding steroid dienone is 4. The van der Waals surface area contributed by atoms with E-state index in [4.69, 9.17) is 14.0 Å². The SMILES string of the molecule is CCCCC/C=C\C/C=C\CCCCCCCCC(O)C(=O)NC(COC1OC(CO)C(O)C(OS(=O)(=O)O)C1O)C(O)CCCCCCCCCCCCC. The Balaban J connectivity index is 2.59. The Morgan fingerprint density at radius 2 is 1.20 bits per heavy atom. The van der Waals surface area contributed by atoms with E-state index in [0.717, 1.165) is 70.6 Å². The zero-order chi connectivity index (χ0) is 41.4. The number of carbonyl (C=O) groups excluding carboxylic acids is 1. The maximum Gasteiger partial charge on any atom is 0.397 e. The van der Waals surface area contributed by atoms with Crippen molar-refractivity contribution in [1.82, 2.24) is 5.32 Å². The van der Waals surface area contributed by atoms with E-state index < -0.39 is 78.5 Å². The Hall–Kier alpha value is -1.46. The average Bonchev–Trinajstić information content (AvgIpc) is 3.16. The van der Waals surface area contributed by atoms with Crippen LogP contribution in [0.15, 0.2) is 24.3 Å². The van der Waals surface area contributed by atoms with Gasteiger partial charge < -0.3 is 40.3 Å². The van der Waals surface area contributed by atoms with Gasteiger partial charge in [0.25, 0.3) is 0 Å². The second-order valence-corrected chi connectivity index (χ2v) is 16.5. The highest BCUT2D eigenvalue weighted by Crippen LogP contribution is 2.26. The van der Waals surface area contributed by atoms with Crippen molar-refractivity contribution in [2.45, 2.75) is 223 Å². The van der Waals surface area contributed by atoms with Gasteiger partial charge in [0, 0.05) is 0 Å². The van der Waals surface area contributed by atoms with Crippen LogP contribution in [0.5, 0.6) is 0 Å². The van der Waals surface area contributed by atoms with Gasteiger partial charge in [-0.2, -0.15) is 8.42 Å². The molecule has 0 radical (unpaired) electrons. The molecule has 0 aromatic heterocycles. The molecule has 14 heteroatoms. The number of hydrogen-bond donors (Lipinski definition) is 7. The van der Waals surface area contributed by atoms with E-state index in [1.807, 2.05) is 0 Å². The van der Waals surface area contributed by atoms with Gasteiger partial charge in [0.2, 0.25) is 5.91 Å². The topological polar surface area (TPSA) is 212 Å². The zero-order valence-corrected chi connectivity index (χ0v) is 35.4. The number of hydrogen-bond acceptors (Lipinski definition) is 11. The van der Waals surface area contributed by atoms with E-state index in [-0.39, 0.29) is 6.42 Å². The molecule has 0 saturated carbocycles. The van der Waals surface area contributed by atoms with Crippen LogP contribution >= 0.6 is 0 Å². The summed E-state index contributed by atoms with van der Waals surface area (Å²) in [6.07, 6.45) is 23.7. The number of amides is 1. The Morgan fingerprint density at radius 1 is 0.714 bits per heavy atom. The molecule has 1 fully saturated rings. The van der Waals surface area contributed by atoms with Crippen LogP contribution < -0.4 is 5.32 Å². The number of nitrogens with one attached hydrogen (secondary N) is 1. The van der Waals surface area contributed by atoms with Crippen molar-refractivity contribution >= 4 is 16.3 Å². The minimum Gasteiger partial charge on any atom is -0.394 e. The summed E-state index contributed by atoms with van der Waals surface area (Å²) in [4.78, 5) is 13.1. The maximum atomic E-state index is 13.1. The van der Waals surface area contributed by atoms with Gasteiger partial charge in [0.05, 0.1) is 25.4 Å². The molecule has 1 aliphatic heterocycles. The lowest BCUT2D eigenvalue weighted by molar-refractivity contribution is -0.298. The molecule has 1 aliphatic rings. The zero-order valence-electron chi connectivity index (χ0n) is 34.6. The molecule has 0 aliphatic carbocycles. The standard InChI is InChI=1S/C42H79NO12S/c1-3-5-7-9-11-13-15-16-17-18-19-21-23-25-27-29-31-36(46)41(49)43-34(35(45)30-28-26-24-22-20-14-12-10-8-6-4-2)33-53-42-39(48)40(55-56(50,51)52)38(47)37(32-44)54-42/h11,13,16-17,34-40,42,44-48H,3-10,12,14-15,18-33H2,1-2H3,(H,43,49)(H,50,51,52)/b13-11-,17-16-. The summed E-state index contributed by atoms with van der Waals surface area (Å²) >= 11 is 0. The van der Waals surface area contributed by atoms with Crippen LogP contribution in [0.1, 0.15) is 174 Å². The minimum absolute atomic E-state index is 0.248. The fourth-order valence-electron chi connectivity index (χ4n) is 6.85. The van der Waals surface area contributed by atoms with Gasteiger partial charge in [-0.25, -0.2) is 4.18 Å². The highest BCUT2D eigenvalue weighted by Gasteiger charge is 2.48. The van der Waals surface area contributed by atoms with Crippen molar-refractivity contribution in [2.24, 2.45) is 0 Å². The predicted octanol–water partition coefficient (Wildman–Crippen LogP) is 6.74. The van der Waals surface area contributed by atoms with Crippen LogP contribution in [0.4, 0.5) is 0 Å². The molecule has 1 saturated heterocycles. The van der Waals surface area contributed by atoms with Crippen molar-refractivity contribution in [3.63, 3.8) is 0 Å². The second kappa shape index (κ2) is 33.4. The lowest BCUT2D eigenvalue weighted by Crippen LogP contribution is -2.61. The molecule has 1 amide bonds. The van der Waals surface area contributed by atoms with Crippen LogP contribution in [-0.2, 0) is 28.9 Å². The molecule has 1 rings (SSSR count). The average molecular weight is 822 g/mol. The molecule has 8 unspecified atom stereocenters. The molecule has 56 heavy (non-hydrogen) atoms. The van der Waals surface area contributed by atoms with Gasteiger partial charge in [-0.15, -0.1) is 0 Å². The molecule has 0 spiro atoms. The summed E-state index contributed by atoms with van der Waals surface area (Å²) in [5.74, 6) is -0.680. The van der Waals surface area contributed by atoms with Crippen molar-refractivity contribution < 1.29 is 57.0 Å². The summed E-state index contributed by atoms with van der Waals surface area (Å²) in [7, 11) is -5.11. The Bertz CT molecular complexity index is 1120. The maximum absolute atomic E-state index is 13.1. The highest BCUT2D eigenvalue weighted by molar-refractivity contribution is 7.80. The molecule has 1 heterocycles. The fraction of sp³-hybridized carbons (Fsp3) is 0.881. The first-order valence-corrected chi connectivity index (χ1v) is 23.2. The van der Waals surface area contributed by atoms with Gasteiger partial charge in [-0.3, -0.25) is 9.35 Å². The van der Waals surface area contributed by atoms with Crippen molar-refractivity contribution in [3.8, 4) is 0 Å². The largest absolute Gasteiger partial charge is 0.397 e. The summed E-state index contributed by atoms with van der Waals surface area (Å²) in [5, 5.41) is 55.2. The number of carbonyl (C=O) groups is 1. The van der Waals surface area contributed by atoms with E-state index in [1.54, 1.807) is 0 Å². The number of unbranched alkanes of at least 4 members (excludes halogenated alkanes) is 19. The van der Waals surface area contributed by atoms with Crippen LogP contribution in [0, 0.1) is 0 Å². The van der Waals surface area contributed by atoms with Gasteiger partial charge in [0.15, 0.2) is 6.29 Å². The Morgan fingerprint density at radius 3 is 1.73 bits per heavy atom. The van der Waals surface area contributed by atoms with E-state index in [0.29, 0.717) is 19.3 Å². The lowest BCUT2D eigenvalue weighted by atomic mass is 9.99. The van der Waals surface area contributed by atoms with Gasteiger partial charge >= 0.3 is 10.4 Å². The lowest BCUT2D eigenvalue weighted by Gasteiger charge is -2.41.